The third-order valence-corrected chi connectivity index (χ3v) is 4.38. The van der Waals surface area contributed by atoms with Crippen molar-refractivity contribution in [1.82, 2.24) is 0 Å². The molecule has 0 radical (unpaired) electrons. The first-order valence-corrected chi connectivity index (χ1v) is 8.71. The zero-order valence-electron chi connectivity index (χ0n) is 13.6. The second kappa shape index (κ2) is 8.67. The number of carbonyl (C=O) groups is 1. The summed E-state index contributed by atoms with van der Waals surface area (Å²) in [4.78, 5) is 14.4. The number of halogens is 1. The molecule has 2 fully saturated rings. The first kappa shape index (κ1) is 17.5. The standard InChI is InChI=1S/C17H23ClN2O4/c18-13-3-4-16(20-5-8-22-9-6-20)15(10-13)19-17(21)12-23-11-14-2-1-7-24-14/h3-4,10,14H,1-2,5-9,11-12H2,(H,19,21). The van der Waals surface area contributed by atoms with Crippen LogP contribution in [0.25, 0.3) is 0 Å². The average molecular weight is 355 g/mol. The van der Waals surface area contributed by atoms with Crippen LogP contribution in [0, 0.1) is 0 Å². The second-order valence-electron chi connectivity index (χ2n) is 5.96. The maximum Gasteiger partial charge on any atom is 0.250 e. The fourth-order valence-electron chi connectivity index (χ4n) is 2.93. The van der Waals surface area contributed by atoms with E-state index in [2.05, 4.69) is 10.2 Å². The molecule has 1 aromatic carbocycles. The Kier molecular flexibility index (Phi) is 6.31. The number of morpholine rings is 1. The summed E-state index contributed by atoms with van der Waals surface area (Å²) in [6.45, 7) is 4.20. The lowest BCUT2D eigenvalue weighted by Crippen LogP contribution is -2.37. The van der Waals surface area contributed by atoms with E-state index in [0.717, 1.165) is 38.2 Å². The fraction of sp³-hybridized carbons (Fsp3) is 0.588. The third-order valence-electron chi connectivity index (χ3n) is 4.15. The molecule has 1 atom stereocenters. The molecule has 2 aliphatic heterocycles. The van der Waals surface area contributed by atoms with Gasteiger partial charge in [-0.2, -0.15) is 0 Å². The average Bonchev–Trinajstić information content (AvgIpc) is 3.09. The molecule has 2 heterocycles. The number of nitrogens with one attached hydrogen (secondary N) is 1. The van der Waals surface area contributed by atoms with Crippen LogP contribution in [0.3, 0.4) is 0 Å². The number of hydrogen-bond acceptors (Lipinski definition) is 5. The van der Waals surface area contributed by atoms with Crippen molar-refractivity contribution in [2.45, 2.75) is 18.9 Å². The van der Waals surface area contributed by atoms with E-state index in [1.807, 2.05) is 12.1 Å². The van der Waals surface area contributed by atoms with Gasteiger partial charge in [-0.15, -0.1) is 0 Å². The fourth-order valence-corrected chi connectivity index (χ4v) is 3.11. The van der Waals surface area contributed by atoms with Crippen LogP contribution in [-0.4, -0.2) is 58.1 Å². The lowest BCUT2D eigenvalue weighted by molar-refractivity contribution is -0.121. The van der Waals surface area contributed by atoms with Gasteiger partial charge >= 0.3 is 0 Å². The van der Waals surface area contributed by atoms with Crippen molar-refractivity contribution < 1.29 is 19.0 Å². The number of amides is 1. The van der Waals surface area contributed by atoms with E-state index in [-0.39, 0.29) is 18.6 Å². The molecule has 1 aromatic rings. The molecule has 2 aliphatic rings. The molecule has 1 amide bonds. The van der Waals surface area contributed by atoms with Crippen molar-refractivity contribution in [2.24, 2.45) is 0 Å². The van der Waals surface area contributed by atoms with Crippen LogP contribution in [0.4, 0.5) is 11.4 Å². The van der Waals surface area contributed by atoms with Gasteiger partial charge in [-0.25, -0.2) is 0 Å². The van der Waals surface area contributed by atoms with E-state index < -0.39 is 0 Å². The quantitative estimate of drug-likeness (QED) is 0.849. The van der Waals surface area contributed by atoms with Gasteiger partial charge in [-0.05, 0) is 31.0 Å². The molecule has 7 heteroatoms. The molecule has 1 N–H and O–H groups in total. The summed E-state index contributed by atoms with van der Waals surface area (Å²) in [6, 6.07) is 5.52. The largest absolute Gasteiger partial charge is 0.378 e. The van der Waals surface area contributed by atoms with Crippen LogP contribution in [0.1, 0.15) is 12.8 Å². The number of hydrogen-bond donors (Lipinski definition) is 1. The lowest BCUT2D eigenvalue weighted by Gasteiger charge is -2.30. The second-order valence-corrected chi connectivity index (χ2v) is 6.40. The van der Waals surface area contributed by atoms with Crippen LogP contribution in [0.5, 0.6) is 0 Å². The van der Waals surface area contributed by atoms with E-state index in [1.165, 1.54) is 0 Å². The van der Waals surface area contributed by atoms with Crippen molar-refractivity contribution in [1.29, 1.82) is 0 Å². The minimum Gasteiger partial charge on any atom is -0.378 e. The molecule has 0 bridgehead atoms. The van der Waals surface area contributed by atoms with Crippen molar-refractivity contribution in [2.75, 3.05) is 56.3 Å². The Bertz CT molecular complexity index is 558. The monoisotopic (exact) mass is 354 g/mol. The van der Waals surface area contributed by atoms with Crippen LogP contribution >= 0.6 is 11.6 Å². The van der Waals surface area contributed by atoms with Crippen molar-refractivity contribution >= 4 is 28.9 Å². The Labute approximate surface area is 147 Å². The van der Waals surface area contributed by atoms with Crippen molar-refractivity contribution in [3.63, 3.8) is 0 Å². The summed E-state index contributed by atoms with van der Waals surface area (Å²) in [6.07, 6.45) is 2.18. The minimum absolute atomic E-state index is 0.00885. The lowest BCUT2D eigenvalue weighted by atomic mass is 10.2. The molecule has 0 aliphatic carbocycles. The van der Waals surface area contributed by atoms with Gasteiger partial charge in [0.2, 0.25) is 5.91 Å². The van der Waals surface area contributed by atoms with E-state index in [1.54, 1.807) is 6.07 Å². The molecule has 0 saturated carbocycles. The molecular weight excluding hydrogens is 332 g/mol. The maximum absolute atomic E-state index is 12.2. The molecule has 6 nitrogen and oxygen atoms in total. The van der Waals surface area contributed by atoms with Gasteiger partial charge in [-0.1, -0.05) is 11.6 Å². The number of anilines is 2. The highest BCUT2D eigenvalue weighted by atomic mass is 35.5. The van der Waals surface area contributed by atoms with Crippen LogP contribution < -0.4 is 10.2 Å². The molecule has 0 spiro atoms. The van der Waals surface area contributed by atoms with Gasteiger partial charge < -0.3 is 24.4 Å². The summed E-state index contributed by atoms with van der Waals surface area (Å²) in [5.74, 6) is -0.190. The first-order valence-electron chi connectivity index (χ1n) is 8.34. The van der Waals surface area contributed by atoms with Gasteiger partial charge in [0.25, 0.3) is 0 Å². The molecular formula is C17H23ClN2O4. The van der Waals surface area contributed by atoms with Crippen LogP contribution in [0.2, 0.25) is 5.02 Å². The zero-order chi connectivity index (χ0) is 16.8. The SMILES string of the molecule is O=C(COCC1CCCO1)Nc1cc(Cl)ccc1N1CCOCC1. The molecule has 1 unspecified atom stereocenters. The van der Waals surface area contributed by atoms with Gasteiger partial charge in [0.05, 0.1) is 37.3 Å². The zero-order valence-corrected chi connectivity index (χ0v) is 14.4. The predicted molar refractivity (Wildman–Crippen MR) is 92.9 cm³/mol. The molecule has 132 valence electrons. The van der Waals surface area contributed by atoms with E-state index >= 15 is 0 Å². The number of ether oxygens (including phenoxy) is 3. The Morgan fingerprint density at radius 1 is 1.33 bits per heavy atom. The van der Waals surface area contributed by atoms with Crippen molar-refractivity contribution in [3.05, 3.63) is 23.2 Å². The van der Waals surface area contributed by atoms with E-state index in [0.29, 0.717) is 30.5 Å². The summed E-state index contributed by atoms with van der Waals surface area (Å²) in [7, 11) is 0. The number of carbonyl (C=O) groups excluding carboxylic acids is 1. The third kappa shape index (κ3) is 4.83. The number of nitrogens with zero attached hydrogens (tertiary/aromatic N) is 1. The first-order chi connectivity index (χ1) is 11.7. The summed E-state index contributed by atoms with van der Waals surface area (Å²) < 4.78 is 16.3. The molecule has 24 heavy (non-hydrogen) atoms. The highest BCUT2D eigenvalue weighted by Gasteiger charge is 2.18. The molecule has 2 saturated heterocycles. The normalized spacial score (nSPS) is 21.0. The van der Waals surface area contributed by atoms with Gasteiger partial charge in [0, 0.05) is 24.7 Å². The Hall–Kier alpha value is -1.34. The molecule has 3 rings (SSSR count). The topological polar surface area (TPSA) is 60.0 Å². The molecule has 0 aromatic heterocycles. The van der Waals surface area contributed by atoms with Crippen molar-refractivity contribution in [3.8, 4) is 0 Å². The smallest absolute Gasteiger partial charge is 0.250 e. The highest BCUT2D eigenvalue weighted by Crippen LogP contribution is 2.29. The van der Waals surface area contributed by atoms with Gasteiger partial charge in [-0.3, -0.25) is 4.79 Å². The Morgan fingerprint density at radius 3 is 2.92 bits per heavy atom. The van der Waals surface area contributed by atoms with Crippen LogP contribution in [-0.2, 0) is 19.0 Å². The van der Waals surface area contributed by atoms with E-state index in [9.17, 15) is 4.79 Å². The summed E-state index contributed by atoms with van der Waals surface area (Å²) >= 11 is 6.09. The Balaban J connectivity index is 1.56. The van der Waals surface area contributed by atoms with Gasteiger partial charge in [0.1, 0.15) is 6.61 Å². The van der Waals surface area contributed by atoms with E-state index in [4.69, 9.17) is 25.8 Å². The number of benzene rings is 1. The highest BCUT2D eigenvalue weighted by molar-refractivity contribution is 6.31. The van der Waals surface area contributed by atoms with Gasteiger partial charge in [0.15, 0.2) is 0 Å². The van der Waals surface area contributed by atoms with Crippen LogP contribution in [0.15, 0.2) is 18.2 Å². The minimum atomic E-state index is -0.190. The summed E-state index contributed by atoms with van der Waals surface area (Å²) in [5, 5.41) is 3.49. The Morgan fingerprint density at radius 2 is 2.17 bits per heavy atom. The number of rotatable bonds is 6. The maximum atomic E-state index is 12.2. The predicted octanol–water partition coefficient (Wildman–Crippen LogP) is 2.31. The summed E-state index contributed by atoms with van der Waals surface area (Å²) in [5.41, 5.74) is 1.66.